The van der Waals surface area contributed by atoms with Crippen molar-refractivity contribution in [3.8, 4) is 0 Å². The van der Waals surface area contributed by atoms with Crippen molar-refractivity contribution in [3.63, 3.8) is 0 Å². The lowest BCUT2D eigenvalue weighted by Gasteiger charge is -2.28. The normalized spacial score (nSPS) is 17.0. The molecule has 4 rings (SSSR count). The van der Waals surface area contributed by atoms with Crippen LogP contribution < -0.4 is 14.5 Å². The molecule has 8 nitrogen and oxygen atoms in total. The second-order valence-electron chi connectivity index (χ2n) is 7.64. The predicted octanol–water partition coefficient (Wildman–Crippen LogP) is 2.06. The standard InChI is InChI=1S/C20H27N5O3S/c1-24(2)19-18(14-21-20(22-19)25-9-11-28-12-10-25)23-29(26,27)17-8-7-15-5-3-4-6-16(15)13-17/h7-8,13-14,23H,3-6,9-12H2,1-2H3. The molecular formula is C20H27N5O3S. The number of rotatable bonds is 5. The molecule has 1 N–H and O–H groups in total. The first-order chi connectivity index (χ1) is 13.9. The first kappa shape index (κ1) is 19.9. The van der Waals surface area contributed by atoms with E-state index >= 15 is 0 Å². The number of sulfonamides is 1. The van der Waals surface area contributed by atoms with Crippen LogP contribution in [-0.2, 0) is 27.6 Å². The van der Waals surface area contributed by atoms with Crippen molar-refractivity contribution >= 4 is 27.5 Å². The van der Waals surface area contributed by atoms with Gasteiger partial charge >= 0.3 is 0 Å². The third kappa shape index (κ3) is 4.30. The largest absolute Gasteiger partial charge is 0.378 e. The fourth-order valence-corrected chi connectivity index (χ4v) is 4.87. The van der Waals surface area contributed by atoms with Gasteiger partial charge < -0.3 is 14.5 Å². The van der Waals surface area contributed by atoms with Gasteiger partial charge in [-0.25, -0.2) is 13.4 Å². The minimum Gasteiger partial charge on any atom is -0.378 e. The number of hydrogen-bond donors (Lipinski definition) is 1. The van der Waals surface area contributed by atoms with Crippen LogP contribution in [0.25, 0.3) is 0 Å². The van der Waals surface area contributed by atoms with Gasteiger partial charge in [0.2, 0.25) is 5.95 Å². The first-order valence-corrected chi connectivity index (χ1v) is 11.4. The summed E-state index contributed by atoms with van der Waals surface area (Å²) in [5.41, 5.74) is 2.75. The highest BCUT2D eigenvalue weighted by atomic mass is 32.2. The molecule has 0 amide bonds. The maximum absolute atomic E-state index is 13.0. The Morgan fingerprint density at radius 1 is 1.10 bits per heavy atom. The van der Waals surface area contributed by atoms with Crippen LogP contribution in [0.2, 0.25) is 0 Å². The lowest BCUT2D eigenvalue weighted by Crippen LogP contribution is -2.37. The highest BCUT2D eigenvalue weighted by Crippen LogP contribution is 2.28. The Morgan fingerprint density at radius 2 is 1.83 bits per heavy atom. The van der Waals surface area contributed by atoms with Gasteiger partial charge in [0.25, 0.3) is 10.0 Å². The van der Waals surface area contributed by atoms with Gasteiger partial charge in [-0.05, 0) is 48.9 Å². The molecule has 0 saturated carbocycles. The molecular weight excluding hydrogens is 390 g/mol. The molecule has 1 saturated heterocycles. The summed E-state index contributed by atoms with van der Waals surface area (Å²) in [7, 11) is -0.0599. The molecule has 0 radical (unpaired) electrons. The molecule has 0 atom stereocenters. The van der Waals surface area contributed by atoms with Gasteiger partial charge in [0.15, 0.2) is 5.82 Å². The van der Waals surface area contributed by atoms with E-state index in [0.717, 1.165) is 31.2 Å². The van der Waals surface area contributed by atoms with E-state index in [4.69, 9.17) is 4.74 Å². The van der Waals surface area contributed by atoms with Crippen LogP contribution in [0.5, 0.6) is 0 Å². The Kier molecular flexibility index (Phi) is 5.60. The zero-order chi connectivity index (χ0) is 20.4. The molecule has 2 aromatic rings. The van der Waals surface area contributed by atoms with Gasteiger partial charge in [-0.3, -0.25) is 4.72 Å². The average molecular weight is 418 g/mol. The van der Waals surface area contributed by atoms with Gasteiger partial charge in [-0.1, -0.05) is 6.07 Å². The Bertz CT molecular complexity index is 988. The van der Waals surface area contributed by atoms with Crippen molar-refractivity contribution in [2.75, 3.05) is 54.9 Å². The number of benzene rings is 1. The smallest absolute Gasteiger partial charge is 0.262 e. The second-order valence-corrected chi connectivity index (χ2v) is 9.33. The van der Waals surface area contributed by atoms with Gasteiger partial charge in [0, 0.05) is 27.2 Å². The third-order valence-corrected chi connectivity index (χ3v) is 6.71. The van der Waals surface area contributed by atoms with E-state index in [9.17, 15) is 8.42 Å². The predicted molar refractivity (Wildman–Crippen MR) is 113 cm³/mol. The molecule has 9 heteroatoms. The Morgan fingerprint density at radius 3 is 2.55 bits per heavy atom. The number of ether oxygens (including phenoxy) is 1. The highest BCUT2D eigenvalue weighted by molar-refractivity contribution is 7.92. The number of nitrogens with zero attached hydrogens (tertiary/aromatic N) is 4. The summed E-state index contributed by atoms with van der Waals surface area (Å²) in [6.07, 6.45) is 5.76. The van der Waals surface area contributed by atoms with E-state index in [1.165, 1.54) is 5.56 Å². The lowest BCUT2D eigenvalue weighted by molar-refractivity contribution is 0.122. The molecule has 2 aliphatic rings. The molecule has 0 unspecified atom stereocenters. The fraction of sp³-hybridized carbons (Fsp3) is 0.500. The number of nitrogens with one attached hydrogen (secondary N) is 1. The number of morpholine rings is 1. The van der Waals surface area contributed by atoms with Gasteiger partial charge in [0.1, 0.15) is 5.69 Å². The Balaban J connectivity index is 1.62. The summed E-state index contributed by atoms with van der Waals surface area (Å²) in [6.45, 7) is 2.70. The van der Waals surface area contributed by atoms with Crippen LogP contribution >= 0.6 is 0 Å². The summed E-state index contributed by atoms with van der Waals surface area (Å²) in [4.78, 5) is 13.1. The number of anilines is 3. The fourth-order valence-electron chi connectivity index (χ4n) is 3.77. The first-order valence-electron chi connectivity index (χ1n) is 9.96. The molecule has 1 aromatic carbocycles. The summed E-state index contributed by atoms with van der Waals surface area (Å²) in [5.74, 6) is 1.11. The summed E-state index contributed by atoms with van der Waals surface area (Å²) >= 11 is 0. The maximum Gasteiger partial charge on any atom is 0.262 e. The van der Waals surface area contributed by atoms with Gasteiger partial charge in [-0.15, -0.1) is 0 Å². The van der Waals surface area contributed by atoms with Crippen molar-refractivity contribution in [2.24, 2.45) is 0 Å². The quantitative estimate of drug-likeness (QED) is 0.797. The van der Waals surface area contributed by atoms with Crippen LogP contribution in [0.1, 0.15) is 24.0 Å². The van der Waals surface area contributed by atoms with Crippen molar-refractivity contribution in [3.05, 3.63) is 35.5 Å². The van der Waals surface area contributed by atoms with E-state index in [2.05, 4.69) is 14.7 Å². The average Bonchev–Trinajstić information content (AvgIpc) is 2.74. The third-order valence-electron chi connectivity index (χ3n) is 5.35. The van der Waals surface area contributed by atoms with E-state index in [0.29, 0.717) is 43.8 Å². The monoisotopic (exact) mass is 417 g/mol. The SMILES string of the molecule is CN(C)c1nc(N2CCOCC2)ncc1NS(=O)(=O)c1ccc2c(c1)CCCC2. The van der Waals surface area contributed by atoms with Gasteiger partial charge in [0.05, 0.1) is 24.3 Å². The molecule has 1 aromatic heterocycles. The molecule has 156 valence electrons. The van der Waals surface area contributed by atoms with Crippen molar-refractivity contribution in [1.29, 1.82) is 0 Å². The van der Waals surface area contributed by atoms with E-state index in [-0.39, 0.29) is 4.90 Å². The topological polar surface area (TPSA) is 87.7 Å². The number of aromatic nitrogens is 2. The van der Waals surface area contributed by atoms with Gasteiger partial charge in [-0.2, -0.15) is 4.98 Å². The molecule has 1 aliphatic heterocycles. The van der Waals surface area contributed by atoms with Crippen LogP contribution in [0.3, 0.4) is 0 Å². The number of hydrogen-bond acceptors (Lipinski definition) is 7. The van der Waals surface area contributed by atoms with Crippen LogP contribution in [0.4, 0.5) is 17.5 Å². The zero-order valence-electron chi connectivity index (χ0n) is 16.9. The Labute approximate surface area is 172 Å². The number of aryl methyl sites for hydroxylation is 2. The summed E-state index contributed by atoms with van der Waals surface area (Å²) in [6, 6.07) is 5.42. The summed E-state index contributed by atoms with van der Waals surface area (Å²) in [5, 5.41) is 0. The van der Waals surface area contributed by atoms with Crippen LogP contribution in [0.15, 0.2) is 29.3 Å². The molecule has 0 spiro atoms. The zero-order valence-corrected chi connectivity index (χ0v) is 17.7. The number of fused-ring (bicyclic) bond motifs is 1. The molecule has 1 fully saturated rings. The van der Waals surface area contributed by atoms with E-state index in [1.807, 2.05) is 25.1 Å². The van der Waals surface area contributed by atoms with Crippen molar-refractivity contribution in [1.82, 2.24) is 9.97 Å². The lowest BCUT2D eigenvalue weighted by atomic mass is 9.92. The second kappa shape index (κ2) is 8.16. The van der Waals surface area contributed by atoms with E-state index in [1.54, 1.807) is 23.2 Å². The van der Waals surface area contributed by atoms with Crippen molar-refractivity contribution in [2.45, 2.75) is 30.6 Å². The molecule has 0 bridgehead atoms. The van der Waals surface area contributed by atoms with Crippen molar-refractivity contribution < 1.29 is 13.2 Å². The molecule has 1 aliphatic carbocycles. The molecule has 29 heavy (non-hydrogen) atoms. The molecule has 2 heterocycles. The van der Waals surface area contributed by atoms with Crippen LogP contribution in [0, 0.1) is 0 Å². The highest BCUT2D eigenvalue weighted by Gasteiger charge is 2.22. The minimum absolute atomic E-state index is 0.278. The maximum atomic E-state index is 13.0. The minimum atomic E-state index is -3.73. The summed E-state index contributed by atoms with van der Waals surface area (Å²) < 4.78 is 34.1. The Hall–Kier alpha value is -2.39. The van der Waals surface area contributed by atoms with E-state index < -0.39 is 10.0 Å². The van der Waals surface area contributed by atoms with Crippen LogP contribution in [-0.4, -0.2) is 58.8 Å².